The Labute approximate surface area is 145 Å². The topological polar surface area (TPSA) is 84.8 Å². The lowest BCUT2D eigenvalue weighted by atomic mass is 9.91. The largest absolute Gasteiger partial charge is 0.371 e. The van der Waals surface area contributed by atoms with Crippen LogP contribution >= 0.6 is 0 Å². The zero-order valence-electron chi connectivity index (χ0n) is 14.1. The lowest BCUT2D eigenvalue weighted by Gasteiger charge is -2.30. The Balaban J connectivity index is 1.46. The smallest absolute Gasteiger partial charge is 0.226 e. The van der Waals surface area contributed by atoms with E-state index in [4.69, 9.17) is 4.74 Å². The summed E-state index contributed by atoms with van der Waals surface area (Å²) in [6.45, 7) is 1.05. The number of hydrogen-bond acceptors (Lipinski definition) is 4. The number of para-hydroxylation sites is 2. The highest BCUT2D eigenvalue weighted by atomic mass is 16.5. The fourth-order valence-corrected chi connectivity index (χ4v) is 3.40. The molecule has 0 spiro atoms. The number of ether oxygens (including phenoxy) is 1. The summed E-state index contributed by atoms with van der Waals surface area (Å²) in [5, 5.41) is 7.19. The summed E-state index contributed by atoms with van der Waals surface area (Å²) in [7, 11) is 1.87. The molecule has 7 nitrogen and oxygen atoms in total. The van der Waals surface area contributed by atoms with Crippen LogP contribution in [0.25, 0.3) is 11.0 Å². The highest BCUT2D eigenvalue weighted by molar-refractivity contribution is 5.79. The van der Waals surface area contributed by atoms with Crippen LogP contribution < -0.4 is 5.32 Å². The molecule has 2 atom stereocenters. The number of carbonyl (C=O) groups is 1. The van der Waals surface area contributed by atoms with E-state index in [0.29, 0.717) is 13.2 Å². The second-order valence-corrected chi connectivity index (χ2v) is 6.34. The number of imidazole rings is 1. The summed E-state index contributed by atoms with van der Waals surface area (Å²) in [5.41, 5.74) is 2.81. The summed E-state index contributed by atoms with van der Waals surface area (Å²) in [6.07, 6.45) is 3.17. The lowest BCUT2D eigenvalue weighted by molar-refractivity contribution is -0.135. The molecule has 1 amide bonds. The number of rotatable bonds is 4. The number of nitrogens with zero attached hydrogens (tertiary/aromatic N) is 3. The second-order valence-electron chi connectivity index (χ2n) is 6.34. The average Bonchev–Trinajstić information content (AvgIpc) is 3.25. The van der Waals surface area contributed by atoms with E-state index in [1.165, 1.54) is 0 Å². The summed E-state index contributed by atoms with van der Waals surface area (Å²) in [6, 6.07) is 9.74. The third-order valence-electron chi connectivity index (χ3n) is 4.68. The molecular weight excluding hydrogens is 318 g/mol. The van der Waals surface area contributed by atoms with Gasteiger partial charge >= 0.3 is 0 Å². The molecule has 1 aliphatic heterocycles. The molecule has 1 aliphatic rings. The Morgan fingerprint density at radius 3 is 3.08 bits per heavy atom. The second kappa shape index (κ2) is 6.68. The molecule has 7 heteroatoms. The van der Waals surface area contributed by atoms with E-state index in [1.807, 2.05) is 37.4 Å². The van der Waals surface area contributed by atoms with E-state index in [2.05, 4.69) is 20.4 Å². The van der Waals surface area contributed by atoms with Crippen LogP contribution in [0.4, 0.5) is 0 Å². The van der Waals surface area contributed by atoms with Crippen molar-refractivity contribution in [2.45, 2.75) is 25.5 Å². The first-order chi connectivity index (χ1) is 12.2. The number of H-pyrrole nitrogens is 1. The molecule has 0 saturated carbocycles. The quantitative estimate of drug-likeness (QED) is 0.762. The van der Waals surface area contributed by atoms with E-state index in [9.17, 15) is 4.79 Å². The van der Waals surface area contributed by atoms with E-state index in [1.54, 1.807) is 10.9 Å². The van der Waals surface area contributed by atoms with E-state index >= 15 is 0 Å². The van der Waals surface area contributed by atoms with Crippen molar-refractivity contribution in [3.63, 3.8) is 0 Å². The van der Waals surface area contributed by atoms with Crippen molar-refractivity contribution in [3.05, 3.63) is 48.0 Å². The van der Waals surface area contributed by atoms with Gasteiger partial charge in [0.25, 0.3) is 0 Å². The lowest BCUT2D eigenvalue weighted by Crippen LogP contribution is -2.38. The maximum Gasteiger partial charge on any atom is 0.226 e. The summed E-state index contributed by atoms with van der Waals surface area (Å²) >= 11 is 0. The van der Waals surface area contributed by atoms with Gasteiger partial charge in [0, 0.05) is 19.9 Å². The maximum absolute atomic E-state index is 12.7. The van der Waals surface area contributed by atoms with Crippen LogP contribution in [0, 0.1) is 5.92 Å². The minimum atomic E-state index is -0.253. The maximum atomic E-state index is 12.7. The molecule has 25 heavy (non-hydrogen) atoms. The van der Waals surface area contributed by atoms with Crippen molar-refractivity contribution in [2.24, 2.45) is 13.0 Å². The Morgan fingerprint density at radius 1 is 1.40 bits per heavy atom. The van der Waals surface area contributed by atoms with Gasteiger partial charge in [0.05, 0.1) is 29.2 Å². The molecule has 2 aromatic heterocycles. The number of amides is 1. The number of benzene rings is 1. The van der Waals surface area contributed by atoms with Crippen molar-refractivity contribution < 1.29 is 9.53 Å². The minimum Gasteiger partial charge on any atom is -0.371 e. The van der Waals surface area contributed by atoms with Crippen LogP contribution in [0.15, 0.2) is 36.5 Å². The third-order valence-corrected chi connectivity index (χ3v) is 4.68. The molecule has 3 aromatic rings. The highest BCUT2D eigenvalue weighted by Gasteiger charge is 2.34. The molecule has 1 aromatic carbocycles. The number of aromatic nitrogens is 4. The van der Waals surface area contributed by atoms with Crippen LogP contribution in [0.1, 0.15) is 30.5 Å². The van der Waals surface area contributed by atoms with Crippen LogP contribution in [-0.4, -0.2) is 32.3 Å². The van der Waals surface area contributed by atoms with E-state index in [-0.39, 0.29) is 17.9 Å². The Hall–Kier alpha value is -2.67. The first kappa shape index (κ1) is 15.8. The van der Waals surface area contributed by atoms with Gasteiger partial charge in [-0.15, -0.1) is 0 Å². The zero-order chi connectivity index (χ0) is 17.2. The normalized spacial score (nSPS) is 20.7. The van der Waals surface area contributed by atoms with Gasteiger partial charge in [-0.3, -0.25) is 9.48 Å². The van der Waals surface area contributed by atoms with Gasteiger partial charge in [0.1, 0.15) is 11.9 Å². The molecule has 0 radical (unpaired) electrons. The first-order valence-electron chi connectivity index (χ1n) is 8.53. The van der Waals surface area contributed by atoms with Crippen molar-refractivity contribution in [3.8, 4) is 0 Å². The number of aromatic amines is 1. The SMILES string of the molecule is Cn1nccc1[C@@H]1OCCC[C@H]1C(=O)NCc1nc2ccccc2[nH]1. The summed E-state index contributed by atoms with van der Waals surface area (Å²) in [5.74, 6) is 0.531. The van der Waals surface area contributed by atoms with Gasteiger partial charge in [-0.1, -0.05) is 12.1 Å². The van der Waals surface area contributed by atoms with Crippen LogP contribution in [-0.2, 0) is 23.1 Å². The summed E-state index contributed by atoms with van der Waals surface area (Å²) in [4.78, 5) is 20.5. The fourth-order valence-electron chi connectivity index (χ4n) is 3.40. The molecule has 0 unspecified atom stereocenters. The molecule has 0 aliphatic carbocycles. The predicted octanol–water partition coefficient (Wildman–Crippen LogP) is 2.08. The minimum absolute atomic E-state index is 0.00800. The van der Waals surface area contributed by atoms with Gasteiger partial charge < -0.3 is 15.0 Å². The number of nitrogens with one attached hydrogen (secondary N) is 2. The molecule has 0 bridgehead atoms. The monoisotopic (exact) mass is 339 g/mol. The Bertz CT molecular complexity index is 851. The molecule has 1 saturated heterocycles. The molecule has 2 N–H and O–H groups in total. The van der Waals surface area contributed by atoms with Crippen LogP contribution in [0.3, 0.4) is 0 Å². The molecule has 1 fully saturated rings. The van der Waals surface area contributed by atoms with Crippen molar-refractivity contribution >= 4 is 16.9 Å². The van der Waals surface area contributed by atoms with Gasteiger partial charge in [0.15, 0.2) is 0 Å². The van der Waals surface area contributed by atoms with Gasteiger partial charge in [0.2, 0.25) is 5.91 Å². The number of hydrogen-bond donors (Lipinski definition) is 2. The highest BCUT2D eigenvalue weighted by Crippen LogP contribution is 2.33. The van der Waals surface area contributed by atoms with Crippen molar-refractivity contribution in [1.29, 1.82) is 0 Å². The standard InChI is InChI=1S/C18H21N5O2/c1-23-15(8-9-20-23)17-12(5-4-10-25-17)18(24)19-11-16-21-13-6-2-3-7-14(13)22-16/h2-3,6-9,12,17H,4-5,10-11H2,1H3,(H,19,24)(H,21,22)/t12-,17-/m1/s1. The zero-order valence-corrected chi connectivity index (χ0v) is 14.1. The van der Waals surface area contributed by atoms with Crippen LogP contribution in [0.5, 0.6) is 0 Å². The molecular formula is C18H21N5O2. The number of fused-ring (bicyclic) bond motifs is 1. The van der Waals surface area contributed by atoms with Crippen LogP contribution in [0.2, 0.25) is 0 Å². The number of carbonyl (C=O) groups excluding carboxylic acids is 1. The summed E-state index contributed by atoms with van der Waals surface area (Å²) < 4.78 is 7.67. The number of aryl methyl sites for hydroxylation is 1. The van der Waals surface area contributed by atoms with E-state index in [0.717, 1.165) is 35.4 Å². The van der Waals surface area contributed by atoms with Crippen molar-refractivity contribution in [2.75, 3.05) is 6.61 Å². The molecule has 130 valence electrons. The predicted molar refractivity (Wildman–Crippen MR) is 92.6 cm³/mol. The Kier molecular flexibility index (Phi) is 4.23. The molecule has 4 rings (SSSR count). The van der Waals surface area contributed by atoms with E-state index < -0.39 is 0 Å². The van der Waals surface area contributed by atoms with Gasteiger partial charge in [-0.25, -0.2) is 4.98 Å². The van der Waals surface area contributed by atoms with Crippen molar-refractivity contribution in [1.82, 2.24) is 25.1 Å². The van der Waals surface area contributed by atoms with Gasteiger partial charge in [-0.05, 0) is 31.0 Å². The first-order valence-corrected chi connectivity index (χ1v) is 8.53. The fraction of sp³-hybridized carbons (Fsp3) is 0.389. The van der Waals surface area contributed by atoms with Gasteiger partial charge in [-0.2, -0.15) is 5.10 Å². The third kappa shape index (κ3) is 3.15. The average molecular weight is 339 g/mol. The Morgan fingerprint density at radius 2 is 2.28 bits per heavy atom. The molecule has 3 heterocycles.